The third-order valence-electron chi connectivity index (χ3n) is 5.52. The Morgan fingerprint density at radius 1 is 1.04 bits per heavy atom. The van der Waals surface area contributed by atoms with E-state index in [1.807, 2.05) is 0 Å². The molecule has 0 N–H and O–H groups in total. The van der Waals surface area contributed by atoms with Gasteiger partial charge < -0.3 is 4.90 Å². The fourth-order valence-corrected chi connectivity index (χ4v) is 3.47. The largest absolute Gasteiger partial charge is 0.362 e. The predicted octanol–water partition coefficient (Wildman–Crippen LogP) is 6.58. The lowest BCUT2D eigenvalue weighted by Gasteiger charge is -2.36. The van der Waals surface area contributed by atoms with Crippen LogP contribution in [0.4, 0.5) is 0 Å². The van der Waals surface area contributed by atoms with E-state index in [4.69, 9.17) is 0 Å². The monoisotopic (exact) mass is 347 g/mol. The number of nitrogens with zero attached hydrogens (tertiary/aromatic N) is 1. The number of allylic oxidation sites excluding steroid dienone is 6. The number of hydrogen-bond acceptors (Lipinski definition) is 1. The van der Waals surface area contributed by atoms with Gasteiger partial charge in [0.05, 0.1) is 5.70 Å². The lowest BCUT2D eigenvalue weighted by molar-refractivity contribution is 0.251. The quantitative estimate of drug-likeness (QED) is 0.546. The molecule has 1 saturated heterocycles. The highest BCUT2D eigenvalue weighted by Gasteiger charge is 2.22. The summed E-state index contributed by atoms with van der Waals surface area (Å²) in [6.07, 6.45) is 15.6. The third kappa shape index (κ3) is 5.38. The smallest absolute Gasteiger partial charge is 0.0562 e. The molecule has 1 fully saturated rings. The molecule has 0 saturated carbocycles. The Hall–Kier alpha value is -2.24. The summed E-state index contributed by atoms with van der Waals surface area (Å²) in [4.78, 5) is 2.47. The molecule has 0 spiro atoms. The standard InChI is InChI=1S/C16H21N.C9H12/c1-3-16-12-8-9-13-17(16)14(2)15-10-6-4-5-7-11-15;1-7-5-4-6-8(2)9(7)3/h4-7,10,14H,1,8-9,11-13H2,2H3;4-6H,1-3H3/t14-;/m0./s1. The normalized spacial score (nSPS) is 17.6. The SMILES string of the molecule is C=C=C1CCCCN1[C@@H](C)C1=CC=CC=CC1.Cc1cccc(C)c1C. The summed E-state index contributed by atoms with van der Waals surface area (Å²) in [5.41, 5.74) is 10.1. The van der Waals surface area contributed by atoms with Crippen LogP contribution >= 0.6 is 0 Å². The maximum Gasteiger partial charge on any atom is 0.0562 e. The summed E-state index contributed by atoms with van der Waals surface area (Å²) in [6, 6.07) is 6.84. The van der Waals surface area contributed by atoms with E-state index >= 15 is 0 Å². The van der Waals surface area contributed by atoms with E-state index in [1.165, 1.54) is 40.8 Å². The van der Waals surface area contributed by atoms with Crippen molar-refractivity contribution in [2.24, 2.45) is 0 Å². The summed E-state index contributed by atoms with van der Waals surface area (Å²) in [6.45, 7) is 13.7. The first-order valence-electron chi connectivity index (χ1n) is 9.75. The van der Waals surface area contributed by atoms with E-state index in [1.54, 1.807) is 0 Å². The Kier molecular flexibility index (Phi) is 7.75. The van der Waals surface area contributed by atoms with E-state index < -0.39 is 0 Å². The van der Waals surface area contributed by atoms with Crippen molar-refractivity contribution < 1.29 is 0 Å². The molecule has 1 heteroatoms. The molecule has 0 bridgehead atoms. The van der Waals surface area contributed by atoms with Crippen LogP contribution < -0.4 is 0 Å². The van der Waals surface area contributed by atoms with Crippen molar-refractivity contribution in [3.8, 4) is 0 Å². The summed E-state index contributed by atoms with van der Waals surface area (Å²) in [5.74, 6) is 0. The lowest BCUT2D eigenvalue weighted by Crippen LogP contribution is -2.36. The number of aryl methyl sites for hydroxylation is 2. The predicted molar refractivity (Wildman–Crippen MR) is 114 cm³/mol. The molecule has 1 aromatic carbocycles. The van der Waals surface area contributed by atoms with Gasteiger partial charge in [0.2, 0.25) is 0 Å². The van der Waals surface area contributed by atoms with Crippen molar-refractivity contribution in [1.29, 1.82) is 0 Å². The zero-order valence-electron chi connectivity index (χ0n) is 16.9. The Morgan fingerprint density at radius 3 is 2.42 bits per heavy atom. The summed E-state index contributed by atoms with van der Waals surface area (Å²) in [7, 11) is 0. The number of rotatable bonds is 2. The minimum atomic E-state index is 0.465. The molecule has 0 aromatic heterocycles. The molecule has 26 heavy (non-hydrogen) atoms. The first kappa shape index (κ1) is 20.1. The van der Waals surface area contributed by atoms with Gasteiger partial charge in [0.25, 0.3) is 0 Å². The van der Waals surface area contributed by atoms with Crippen LogP contribution in [-0.4, -0.2) is 17.5 Å². The maximum atomic E-state index is 3.83. The van der Waals surface area contributed by atoms with Gasteiger partial charge in [0.15, 0.2) is 0 Å². The molecule has 0 amide bonds. The van der Waals surface area contributed by atoms with E-state index in [0.717, 1.165) is 19.4 Å². The van der Waals surface area contributed by atoms with Gasteiger partial charge in [-0.3, -0.25) is 0 Å². The number of likely N-dealkylation sites (tertiary alicyclic amines) is 1. The van der Waals surface area contributed by atoms with Crippen LogP contribution in [0.1, 0.15) is 49.3 Å². The molecular weight excluding hydrogens is 314 g/mol. The fourth-order valence-electron chi connectivity index (χ4n) is 3.47. The molecule has 1 nitrogen and oxygen atoms in total. The van der Waals surface area contributed by atoms with Crippen LogP contribution in [0.2, 0.25) is 0 Å². The molecule has 1 aliphatic carbocycles. The average Bonchev–Trinajstić information content (AvgIpc) is 2.95. The number of benzene rings is 1. The molecule has 2 aliphatic rings. The molecule has 3 rings (SSSR count). The van der Waals surface area contributed by atoms with Crippen molar-refractivity contribution >= 4 is 0 Å². The van der Waals surface area contributed by atoms with Crippen molar-refractivity contribution in [2.45, 2.75) is 59.4 Å². The fraction of sp³-hybridized carbons (Fsp3) is 0.400. The molecule has 1 aliphatic heterocycles. The topological polar surface area (TPSA) is 3.24 Å². The van der Waals surface area contributed by atoms with E-state index in [-0.39, 0.29) is 0 Å². The zero-order valence-corrected chi connectivity index (χ0v) is 16.9. The molecular formula is C25H33N. The van der Waals surface area contributed by atoms with E-state index in [0.29, 0.717) is 6.04 Å². The maximum absolute atomic E-state index is 3.83. The Balaban J connectivity index is 0.000000228. The lowest BCUT2D eigenvalue weighted by atomic mass is 9.99. The van der Waals surface area contributed by atoms with Gasteiger partial charge in [-0.1, -0.05) is 55.2 Å². The second-order valence-electron chi connectivity index (χ2n) is 7.23. The van der Waals surface area contributed by atoms with Gasteiger partial charge in [-0.25, -0.2) is 0 Å². The first-order chi connectivity index (χ1) is 12.5. The van der Waals surface area contributed by atoms with Gasteiger partial charge in [-0.05, 0) is 75.6 Å². The minimum Gasteiger partial charge on any atom is -0.362 e. The van der Waals surface area contributed by atoms with Crippen LogP contribution in [0.3, 0.4) is 0 Å². The van der Waals surface area contributed by atoms with E-state index in [2.05, 4.69) is 93.5 Å². The molecule has 138 valence electrons. The summed E-state index contributed by atoms with van der Waals surface area (Å²) < 4.78 is 0. The first-order valence-corrected chi connectivity index (χ1v) is 9.75. The molecule has 1 atom stereocenters. The molecule has 1 heterocycles. The van der Waals surface area contributed by atoms with Gasteiger partial charge in [0, 0.05) is 12.6 Å². The Labute approximate surface area is 160 Å². The number of hydrogen-bond donors (Lipinski definition) is 0. The van der Waals surface area contributed by atoms with Crippen molar-refractivity contribution in [2.75, 3.05) is 6.54 Å². The number of piperidine rings is 1. The second-order valence-corrected chi connectivity index (χ2v) is 7.23. The van der Waals surface area contributed by atoms with Gasteiger partial charge in [-0.15, -0.1) is 5.73 Å². The average molecular weight is 348 g/mol. The minimum absolute atomic E-state index is 0.465. The summed E-state index contributed by atoms with van der Waals surface area (Å²) in [5, 5.41) is 0. The van der Waals surface area contributed by atoms with Gasteiger partial charge in [-0.2, -0.15) is 0 Å². The second kappa shape index (κ2) is 10.0. The van der Waals surface area contributed by atoms with Crippen molar-refractivity contribution in [3.05, 3.63) is 88.8 Å². The van der Waals surface area contributed by atoms with Crippen molar-refractivity contribution in [3.63, 3.8) is 0 Å². The van der Waals surface area contributed by atoms with Crippen LogP contribution in [0, 0.1) is 20.8 Å². The van der Waals surface area contributed by atoms with E-state index in [9.17, 15) is 0 Å². The highest BCUT2D eigenvalue weighted by Crippen LogP contribution is 2.26. The van der Waals surface area contributed by atoms with Crippen LogP contribution in [0.25, 0.3) is 0 Å². The summed E-state index contributed by atoms with van der Waals surface area (Å²) >= 11 is 0. The molecule has 0 radical (unpaired) electrons. The Bertz CT molecular complexity index is 721. The van der Waals surface area contributed by atoms with Crippen LogP contribution in [-0.2, 0) is 0 Å². The molecule has 1 aromatic rings. The van der Waals surface area contributed by atoms with Crippen LogP contribution in [0.15, 0.2) is 72.2 Å². The Morgan fingerprint density at radius 2 is 1.77 bits per heavy atom. The zero-order chi connectivity index (χ0) is 18.9. The van der Waals surface area contributed by atoms with Gasteiger partial charge >= 0.3 is 0 Å². The molecule has 0 unspecified atom stereocenters. The van der Waals surface area contributed by atoms with Crippen LogP contribution in [0.5, 0.6) is 0 Å². The van der Waals surface area contributed by atoms with Crippen molar-refractivity contribution in [1.82, 2.24) is 4.90 Å². The third-order valence-corrected chi connectivity index (χ3v) is 5.52. The highest BCUT2D eigenvalue weighted by atomic mass is 15.2. The van der Waals surface area contributed by atoms with Gasteiger partial charge in [0.1, 0.15) is 0 Å². The highest BCUT2D eigenvalue weighted by molar-refractivity contribution is 5.31.